The lowest BCUT2D eigenvalue weighted by molar-refractivity contribution is -0.162. The molecule has 0 amide bonds. The molecule has 5 heteroatoms. The van der Waals surface area contributed by atoms with Crippen molar-refractivity contribution in [3.8, 4) is 0 Å². The predicted octanol–water partition coefficient (Wildman–Crippen LogP) is 0.908. The van der Waals surface area contributed by atoms with E-state index in [1.165, 1.54) is 0 Å². The Morgan fingerprint density at radius 2 is 2.11 bits per heavy atom. The summed E-state index contributed by atoms with van der Waals surface area (Å²) in [7, 11) is 0. The number of carbonyl (C=O) groups is 2. The van der Waals surface area contributed by atoms with Crippen molar-refractivity contribution in [1.82, 2.24) is 0 Å². The summed E-state index contributed by atoms with van der Waals surface area (Å²) in [6, 6.07) is 0. The van der Waals surface area contributed by atoms with Crippen LogP contribution in [0, 0.1) is 17.8 Å². The van der Waals surface area contributed by atoms with Crippen LogP contribution in [0.1, 0.15) is 26.2 Å². The number of hydrogen-bond donors (Lipinski definition) is 0. The second-order valence-electron chi connectivity index (χ2n) is 5.34. The number of Topliss-reactive ketones (excluding diaryl/α,β-unsaturated/α-hetero) is 1. The normalized spacial score (nSPS) is 37.2. The van der Waals surface area contributed by atoms with Crippen LogP contribution in [0.5, 0.6) is 0 Å². The maximum absolute atomic E-state index is 11.9. The molecule has 1 heterocycles. The number of hydrogen-bond acceptors (Lipinski definition) is 5. The molecule has 3 fully saturated rings. The molecule has 1 saturated heterocycles. The minimum Gasteiger partial charge on any atom is -0.465 e. The third kappa shape index (κ3) is 1.77. The molecule has 5 nitrogen and oxygen atoms in total. The van der Waals surface area contributed by atoms with E-state index in [0.717, 1.165) is 6.42 Å². The fraction of sp³-hybridized carbons (Fsp3) is 0.846. The average Bonchev–Trinajstić information content (AvgIpc) is 2.95. The molecule has 1 aliphatic heterocycles. The van der Waals surface area contributed by atoms with Gasteiger partial charge in [-0.1, -0.05) is 0 Å². The summed E-state index contributed by atoms with van der Waals surface area (Å²) in [4.78, 5) is 23.8. The Kier molecular flexibility index (Phi) is 2.90. The molecule has 3 atom stereocenters. The zero-order valence-corrected chi connectivity index (χ0v) is 10.5. The summed E-state index contributed by atoms with van der Waals surface area (Å²) in [5, 5.41) is 0. The van der Waals surface area contributed by atoms with Crippen molar-refractivity contribution in [1.29, 1.82) is 0 Å². The van der Waals surface area contributed by atoms with Gasteiger partial charge in [-0.3, -0.25) is 9.59 Å². The zero-order chi connectivity index (χ0) is 12.8. The smallest absolute Gasteiger partial charge is 0.316 e. The first kappa shape index (κ1) is 12.1. The van der Waals surface area contributed by atoms with Gasteiger partial charge in [0.25, 0.3) is 0 Å². The van der Waals surface area contributed by atoms with E-state index in [1.54, 1.807) is 6.92 Å². The monoisotopic (exact) mass is 254 g/mol. The Morgan fingerprint density at radius 3 is 2.78 bits per heavy atom. The zero-order valence-electron chi connectivity index (χ0n) is 10.5. The third-order valence-electron chi connectivity index (χ3n) is 4.32. The van der Waals surface area contributed by atoms with E-state index in [-0.39, 0.29) is 23.6 Å². The van der Waals surface area contributed by atoms with Crippen LogP contribution < -0.4 is 0 Å². The topological polar surface area (TPSA) is 61.8 Å². The summed E-state index contributed by atoms with van der Waals surface area (Å²) in [5.41, 5.74) is 0. The molecule has 1 unspecified atom stereocenters. The lowest BCUT2D eigenvalue weighted by atomic mass is 9.91. The number of esters is 1. The molecule has 0 N–H and O–H groups in total. The largest absolute Gasteiger partial charge is 0.465 e. The lowest BCUT2D eigenvalue weighted by Gasteiger charge is -2.23. The molecular weight excluding hydrogens is 236 g/mol. The van der Waals surface area contributed by atoms with Gasteiger partial charge in [-0.15, -0.1) is 0 Å². The van der Waals surface area contributed by atoms with Gasteiger partial charge >= 0.3 is 5.97 Å². The fourth-order valence-electron chi connectivity index (χ4n) is 3.67. The van der Waals surface area contributed by atoms with Gasteiger partial charge in [0, 0.05) is 19.3 Å². The van der Waals surface area contributed by atoms with E-state index in [4.69, 9.17) is 14.2 Å². The van der Waals surface area contributed by atoms with Gasteiger partial charge in [0.1, 0.15) is 11.7 Å². The van der Waals surface area contributed by atoms with Crippen molar-refractivity contribution in [2.45, 2.75) is 32.0 Å². The standard InChI is InChI=1S/C13H18O5/c1-2-16-12(15)11-9-7-13(17-3-4-18-13)6-8(9)5-10(11)14/h8-9,11H,2-7H2,1H3/t8-,9+,11?/m0/s1. The van der Waals surface area contributed by atoms with Crippen molar-refractivity contribution in [2.75, 3.05) is 19.8 Å². The summed E-state index contributed by atoms with van der Waals surface area (Å²) < 4.78 is 16.4. The van der Waals surface area contributed by atoms with Gasteiger partial charge in [-0.2, -0.15) is 0 Å². The van der Waals surface area contributed by atoms with Crippen LogP contribution in [-0.2, 0) is 23.8 Å². The van der Waals surface area contributed by atoms with Crippen LogP contribution in [0.25, 0.3) is 0 Å². The van der Waals surface area contributed by atoms with Gasteiger partial charge in [0.15, 0.2) is 5.79 Å². The minimum atomic E-state index is -0.595. The predicted molar refractivity (Wildman–Crippen MR) is 60.6 cm³/mol. The van der Waals surface area contributed by atoms with E-state index in [2.05, 4.69) is 0 Å². The Bertz CT molecular complexity index is 372. The highest BCUT2D eigenvalue weighted by atomic mass is 16.7. The fourth-order valence-corrected chi connectivity index (χ4v) is 3.67. The van der Waals surface area contributed by atoms with Crippen molar-refractivity contribution in [3.05, 3.63) is 0 Å². The van der Waals surface area contributed by atoms with Gasteiger partial charge in [0.05, 0.1) is 19.8 Å². The molecule has 3 rings (SSSR count). The Balaban J connectivity index is 1.76. The number of fused-ring (bicyclic) bond motifs is 1. The lowest BCUT2D eigenvalue weighted by Crippen LogP contribution is -2.32. The highest BCUT2D eigenvalue weighted by Gasteiger charge is 2.58. The highest BCUT2D eigenvalue weighted by molar-refractivity contribution is 6.01. The van der Waals surface area contributed by atoms with Gasteiger partial charge < -0.3 is 14.2 Å². The first-order valence-corrected chi connectivity index (χ1v) is 6.62. The molecule has 18 heavy (non-hydrogen) atoms. The van der Waals surface area contributed by atoms with Crippen LogP contribution in [0.15, 0.2) is 0 Å². The van der Waals surface area contributed by atoms with Crippen molar-refractivity contribution in [2.24, 2.45) is 17.8 Å². The van der Waals surface area contributed by atoms with Crippen LogP contribution in [-0.4, -0.2) is 37.4 Å². The molecule has 0 radical (unpaired) electrons. The van der Waals surface area contributed by atoms with Crippen LogP contribution in [0.2, 0.25) is 0 Å². The second-order valence-corrected chi connectivity index (χ2v) is 5.34. The van der Waals surface area contributed by atoms with E-state index < -0.39 is 11.7 Å². The van der Waals surface area contributed by atoms with E-state index in [1.807, 2.05) is 0 Å². The number of rotatable bonds is 2. The van der Waals surface area contributed by atoms with E-state index >= 15 is 0 Å². The molecule has 1 spiro atoms. The first-order valence-electron chi connectivity index (χ1n) is 6.62. The maximum atomic E-state index is 11.9. The van der Waals surface area contributed by atoms with Crippen molar-refractivity contribution >= 4 is 11.8 Å². The number of ether oxygens (including phenoxy) is 3. The molecule has 2 saturated carbocycles. The molecule has 100 valence electrons. The molecule has 0 bridgehead atoms. The van der Waals surface area contributed by atoms with Gasteiger partial charge in [0.2, 0.25) is 0 Å². The molecule has 0 aromatic heterocycles. The van der Waals surface area contributed by atoms with Gasteiger partial charge in [-0.05, 0) is 18.8 Å². The minimum absolute atomic E-state index is 0.0243. The van der Waals surface area contributed by atoms with E-state index in [9.17, 15) is 9.59 Å². The Hall–Kier alpha value is -0.940. The number of ketones is 1. The van der Waals surface area contributed by atoms with E-state index in [0.29, 0.717) is 32.7 Å². The molecule has 3 aliphatic rings. The SMILES string of the molecule is CCOC(=O)C1C(=O)C[C@H]2CC3(C[C@@H]12)OCCO3. The summed E-state index contributed by atoms with van der Waals surface area (Å²) in [6.45, 7) is 3.29. The summed E-state index contributed by atoms with van der Waals surface area (Å²) in [6.07, 6.45) is 1.84. The Labute approximate surface area is 106 Å². The molecule has 0 aromatic carbocycles. The second kappa shape index (κ2) is 4.31. The van der Waals surface area contributed by atoms with Crippen molar-refractivity contribution in [3.63, 3.8) is 0 Å². The molecular formula is C13H18O5. The summed E-state index contributed by atoms with van der Waals surface area (Å²) >= 11 is 0. The molecule has 0 aromatic rings. The Morgan fingerprint density at radius 1 is 1.39 bits per heavy atom. The quantitative estimate of drug-likeness (QED) is 0.541. The van der Waals surface area contributed by atoms with Crippen LogP contribution >= 0.6 is 0 Å². The third-order valence-corrected chi connectivity index (χ3v) is 4.32. The first-order chi connectivity index (χ1) is 8.65. The highest BCUT2D eigenvalue weighted by Crippen LogP contribution is 2.53. The number of carbonyl (C=O) groups excluding carboxylic acids is 2. The van der Waals surface area contributed by atoms with Crippen LogP contribution in [0.3, 0.4) is 0 Å². The molecule has 2 aliphatic carbocycles. The average molecular weight is 254 g/mol. The van der Waals surface area contributed by atoms with Gasteiger partial charge in [-0.25, -0.2) is 0 Å². The van der Waals surface area contributed by atoms with Crippen molar-refractivity contribution < 1.29 is 23.8 Å². The summed E-state index contributed by atoms with van der Waals surface area (Å²) in [5.74, 6) is -1.22. The van der Waals surface area contributed by atoms with Crippen LogP contribution in [0.4, 0.5) is 0 Å². The maximum Gasteiger partial charge on any atom is 0.316 e.